The second-order valence-corrected chi connectivity index (χ2v) is 8.52. The van der Waals surface area contributed by atoms with Gasteiger partial charge in [0.05, 0.1) is 38.0 Å². The molecular weight excluding hydrogens is 416 g/mol. The van der Waals surface area contributed by atoms with Crippen molar-refractivity contribution in [3.63, 3.8) is 0 Å². The van der Waals surface area contributed by atoms with E-state index in [0.717, 1.165) is 46.1 Å². The van der Waals surface area contributed by atoms with Crippen molar-refractivity contribution in [1.82, 2.24) is 9.88 Å². The number of rotatable bonds is 6. The predicted octanol–water partition coefficient (Wildman–Crippen LogP) is 5.07. The molecule has 0 bridgehead atoms. The zero-order valence-electron chi connectivity index (χ0n) is 19.3. The molecule has 1 amide bonds. The fourth-order valence-corrected chi connectivity index (χ4v) is 4.53. The molecule has 0 N–H and O–H groups in total. The number of carbonyl (C=O) groups excluding carboxylic acids is 1. The van der Waals surface area contributed by atoms with Gasteiger partial charge in [0, 0.05) is 42.2 Å². The highest BCUT2D eigenvalue weighted by atomic mass is 16.5. The molecule has 0 radical (unpaired) electrons. The number of nitrogens with zero attached hydrogens (tertiary/aromatic N) is 2. The van der Waals surface area contributed by atoms with Crippen LogP contribution in [0.1, 0.15) is 46.8 Å². The first-order valence-corrected chi connectivity index (χ1v) is 11.3. The minimum atomic E-state index is 0.0551. The number of benzene rings is 2. The summed E-state index contributed by atoms with van der Waals surface area (Å²) in [6.45, 7) is 1.15. The van der Waals surface area contributed by atoms with Crippen LogP contribution in [0.4, 0.5) is 0 Å². The molecule has 0 atom stereocenters. The van der Waals surface area contributed by atoms with E-state index in [1.54, 1.807) is 21.3 Å². The fourth-order valence-electron chi connectivity index (χ4n) is 4.53. The molecule has 5 rings (SSSR count). The highest BCUT2D eigenvalue weighted by Gasteiger charge is 2.29. The van der Waals surface area contributed by atoms with Gasteiger partial charge in [-0.2, -0.15) is 0 Å². The normalized spacial score (nSPS) is 15.8. The maximum atomic E-state index is 13.6. The molecule has 1 aliphatic heterocycles. The number of fused-ring (bicyclic) bond motifs is 1. The lowest BCUT2D eigenvalue weighted by Crippen LogP contribution is -2.35. The van der Waals surface area contributed by atoms with Gasteiger partial charge < -0.3 is 19.1 Å². The van der Waals surface area contributed by atoms with E-state index >= 15 is 0 Å². The fraction of sp³-hybridized carbons (Fsp3) is 0.333. The Hall–Kier alpha value is -3.54. The number of para-hydroxylation sites is 1. The van der Waals surface area contributed by atoms with Crippen LogP contribution in [0.3, 0.4) is 0 Å². The van der Waals surface area contributed by atoms with Crippen molar-refractivity contribution < 1.29 is 19.0 Å². The maximum absolute atomic E-state index is 13.6. The van der Waals surface area contributed by atoms with Gasteiger partial charge in [0.1, 0.15) is 17.2 Å². The van der Waals surface area contributed by atoms with Crippen LogP contribution in [0.25, 0.3) is 16.5 Å². The molecule has 6 nitrogen and oxygen atoms in total. The molecule has 0 saturated heterocycles. The Morgan fingerprint density at radius 1 is 1.00 bits per heavy atom. The van der Waals surface area contributed by atoms with Crippen molar-refractivity contribution in [2.24, 2.45) is 0 Å². The summed E-state index contributed by atoms with van der Waals surface area (Å²) in [5, 5.41) is 0.917. The average molecular weight is 445 g/mol. The number of hydrogen-bond acceptors (Lipinski definition) is 5. The van der Waals surface area contributed by atoms with Gasteiger partial charge in [-0.25, -0.2) is 0 Å². The third kappa shape index (κ3) is 4.01. The summed E-state index contributed by atoms with van der Waals surface area (Å²) in [7, 11) is 4.90. The highest BCUT2D eigenvalue weighted by Crippen LogP contribution is 2.42. The van der Waals surface area contributed by atoms with Gasteiger partial charge in [-0.05, 0) is 37.0 Å². The minimum Gasteiger partial charge on any atom is -0.496 e. The Balaban J connectivity index is 1.45. The summed E-state index contributed by atoms with van der Waals surface area (Å²) in [5.74, 6) is 2.62. The second-order valence-electron chi connectivity index (χ2n) is 8.52. The molecule has 33 heavy (non-hydrogen) atoms. The molecule has 3 aromatic rings. The van der Waals surface area contributed by atoms with E-state index in [0.29, 0.717) is 42.7 Å². The summed E-state index contributed by atoms with van der Waals surface area (Å²) < 4.78 is 16.6. The van der Waals surface area contributed by atoms with Crippen LogP contribution < -0.4 is 14.2 Å². The second kappa shape index (κ2) is 8.77. The van der Waals surface area contributed by atoms with Crippen LogP contribution in [0.2, 0.25) is 0 Å². The number of ether oxygens (including phenoxy) is 3. The van der Waals surface area contributed by atoms with Gasteiger partial charge in [0.15, 0.2) is 0 Å². The quantitative estimate of drug-likeness (QED) is 0.531. The number of amides is 1. The lowest BCUT2D eigenvalue weighted by molar-refractivity contribution is 0.0774. The molecule has 170 valence electrons. The summed E-state index contributed by atoms with van der Waals surface area (Å²) >= 11 is 0. The van der Waals surface area contributed by atoms with Crippen LogP contribution >= 0.6 is 0 Å². The molecule has 6 heteroatoms. The monoisotopic (exact) mass is 444 g/mol. The van der Waals surface area contributed by atoms with Crippen molar-refractivity contribution in [3.05, 3.63) is 65.4 Å². The van der Waals surface area contributed by atoms with Crippen molar-refractivity contribution in [2.45, 2.75) is 25.2 Å². The van der Waals surface area contributed by atoms with E-state index < -0.39 is 0 Å². The molecule has 1 aromatic heterocycles. The van der Waals surface area contributed by atoms with Crippen molar-refractivity contribution in [1.29, 1.82) is 0 Å². The molecule has 1 aliphatic carbocycles. The van der Waals surface area contributed by atoms with E-state index in [1.807, 2.05) is 47.4 Å². The topological polar surface area (TPSA) is 60.9 Å². The van der Waals surface area contributed by atoms with Crippen LogP contribution in [0.5, 0.6) is 17.2 Å². The van der Waals surface area contributed by atoms with E-state index in [4.69, 9.17) is 19.2 Å². The van der Waals surface area contributed by atoms with Gasteiger partial charge in [-0.3, -0.25) is 9.78 Å². The largest absolute Gasteiger partial charge is 0.496 e. The first-order valence-electron chi connectivity index (χ1n) is 11.3. The molecule has 1 fully saturated rings. The summed E-state index contributed by atoms with van der Waals surface area (Å²) in [6.07, 6.45) is 5.11. The molecule has 0 spiro atoms. The van der Waals surface area contributed by atoms with Crippen molar-refractivity contribution >= 4 is 22.4 Å². The van der Waals surface area contributed by atoms with Crippen LogP contribution in [0.15, 0.2) is 48.5 Å². The van der Waals surface area contributed by atoms with Crippen molar-refractivity contribution in [2.75, 3.05) is 34.4 Å². The van der Waals surface area contributed by atoms with Crippen LogP contribution in [-0.4, -0.2) is 50.2 Å². The SMILES string of the molecule is COc1cc(OC)c(C2=CCN(C(=O)c3cc(C4CC4)nc4ccccc34)CC2)c(OC)c1. The standard InChI is InChI=1S/C27H28N2O4/c1-31-19-14-24(32-2)26(25(15-19)33-3)18-10-12-29(13-11-18)27(30)21-16-23(17-8-9-17)28-22-7-5-4-6-20(21)22/h4-7,10,14-17H,8-9,11-13H2,1-3H3. The van der Waals surface area contributed by atoms with Crippen LogP contribution in [-0.2, 0) is 0 Å². The molecular formula is C27H28N2O4. The Kier molecular flexibility index (Phi) is 5.67. The Labute approximate surface area is 193 Å². The molecule has 2 aliphatic rings. The minimum absolute atomic E-state index is 0.0551. The van der Waals surface area contributed by atoms with Gasteiger partial charge in [-0.15, -0.1) is 0 Å². The maximum Gasteiger partial charge on any atom is 0.254 e. The third-order valence-corrected chi connectivity index (χ3v) is 6.49. The average Bonchev–Trinajstić information content (AvgIpc) is 3.72. The summed E-state index contributed by atoms with van der Waals surface area (Å²) in [5.41, 5.74) is 4.70. The van der Waals surface area contributed by atoms with Gasteiger partial charge in [-0.1, -0.05) is 24.3 Å². The van der Waals surface area contributed by atoms with E-state index in [9.17, 15) is 4.79 Å². The van der Waals surface area contributed by atoms with E-state index in [1.165, 1.54) is 0 Å². The molecule has 2 heterocycles. The lowest BCUT2D eigenvalue weighted by Gasteiger charge is -2.28. The number of aromatic nitrogens is 1. The summed E-state index contributed by atoms with van der Waals surface area (Å²) in [4.78, 5) is 20.3. The predicted molar refractivity (Wildman–Crippen MR) is 128 cm³/mol. The number of carbonyl (C=O) groups is 1. The van der Waals surface area contributed by atoms with Gasteiger partial charge >= 0.3 is 0 Å². The lowest BCUT2D eigenvalue weighted by atomic mass is 9.96. The first-order chi connectivity index (χ1) is 16.1. The van der Waals surface area contributed by atoms with Crippen molar-refractivity contribution in [3.8, 4) is 17.2 Å². The number of pyridine rings is 1. The smallest absolute Gasteiger partial charge is 0.254 e. The summed E-state index contributed by atoms with van der Waals surface area (Å²) in [6, 6.07) is 13.7. The molecule has 1 saturated carbocycles. The number of methoxy groups -OCH3 is 3. The Morgan fingerprint density at radius 3 is 2.33 bits per heavy atom. The van der Waals surface area contributed by atoms with Gasteiger partial charge in [0.25, 0.3) is 5.91 Å². The Bertz CT molecular complexity index is 1220. The zero-order valence-corrected chi connectivity index (χ0v) is 19.3. The third-order valence-electron chi connectivity index (χ3n) is 6.49. The van der Waals surface area contributed by atoms with E-state index in [2.05, 4.69) is 6.08 Å². The van der Waals surface area contributed by atoms with Gasteiger partial charge in [0.2, 0.25) is 0 Å². The first kappa shape index (κ1) is 21.3. The number of hydrogen-bond donors (Lipinski definition) is 0. The van der Waals surface area contributed by atoms with Crippen LogP contribution in [0, 0.1) is 0 Å². The highest BCUT2D eigenvalue weighted by molar-refractivity contribution is 6.06. The van der Waals surface area contributed by atoms with E-state index in [-0.39, 0.29) is 5.91 Å². The molecule has 2 aromatic carbocycles. The Morgan fingerprint density at radius 2 is 1.73 bits per heavy atom. The zero-order chi connectivity index (χ0) is 22.9. The molecule has 0 unspecified atom stereocenters.